The quantitative estimate of drug-likeness (QED) is 0.909. The largest absolute Gasteiger partial charge is 0.352 e. The Hall–Kier alpha value is -2.04. The number of nitrogens with one attached hydrogen (secondary N) is 1. The van der Waals surface area contributed by atoms with Gasteiger partial charge in [-0.25, -0.2) is 8.78 Å². The van der Waals surface area contributed by atoms with Crippen LogP contribution in [-0.2, 0) is 0 Å². The summed E-state index contributed by atoms with van der Waals surface area (Å²) in [4.78, 5) is 15.5. The highest BCUT2D eigenvalue weighted by Crippen LogP contribution is 2.18. The molecule has 1 N–H and O–H groups in total. The van der Waals surface area contributed by atoms with Gasteiger partial charge in [-0.15, -0.1) is 0 Å². The van der Waals surface area contributed by atoms with Crippen molar-refractivity contribution in [3.8, 4) is 0 Å². The molecular formula is C13H12F2N2O. The first-order valence-electron chi connectivity index (χ1n) is 5.65. The molecule has 0 bridgehead atoms. The van der Waals surface area contributed by atoms with Crippen LogP contribution in [0.3, 0.4) is 0 Å². The molecular weight excluding hydrogens is 238 g/mol. The summed E-state index contributed by atoms with van der Waals surface area (Å²) in [5, 5.41) is 2.95. The van der Waals surface area contributed by atoms with Gasteiger partial charge in [-0.05, 0) is 18.6 Å². The summed E-state index contributed by atoms with van der Waals surface area (Å²) >= 11 is 0. The third kappa shape index (κ3) is 2.45. The summed E-state index contributed by atoms with van der Waals surface area (Å²) in [7, 11) is 0. The molecule has 18 heavy (non-hydrogen) atoms. The van der Waals surface area contributed by atoms with Gasteiger partial charge in [-0.3, -0.25) is 9.78 Å². The van der Waals surface area contributed by atoms with E-state index in [1.807, 2.05) is 6.92 Å². The van der Waals surface area contributed by atoms with Gasteiger partial charge in [0.15, 0.2) is 5.82 Å². The van der Waals surface area contributed by atoms with E-state index in [-0.39, 0.29) is 16.8 Å². The van der Waals surface area contributed by atoms with Crippen LogP contribution in [0.2, 0.25) is 0 Å². The fourth-order valence-corrected chi connectivity index (χ4v) is 1.64. The van der Waals surface area contributed by atoms with E-state index < -0.39 is 11.6 Å². The van der Waals surface area contributed by atoms with E-state index in [1.165, 1.54) is 12.3 Å². The van der Waals surface area contributed by atoms with Crippen LogP contribution in [0.15, 0.2) is 24.4 Å². The van der Waals surface area contributed by atoms with Crippen molar-refractivity contribution >= 4 is 16.8 Å². The minimum absolute atomic E-state index is 0.0587. The lowest BCUT2D eigenvalue weighted by Gasteiger charge is -2.05. The maximum atomic E-state index is 13.4. The fourth-order valence-electron chi connectivity index (χ4n) is 1.64. The summed E-state index contributed by atoms with van der Waals surface area (Å²) in [6.07, 6.45) is 2.10. The van der Waals surface area contributed by atoms with Crippen molar-refractivity contribution in [1.29, 1.82) is 0 Å². The Morgan fingerprint density at radius 1 is 1.33 bits per heavy atom. The summed E-state index contributed by atoms with van der Waals surface area (Å²) in [5.41, 5.74) is 0.351. The molecule has 1 amide bonds. The lowest BCUT2D eigenvalue weighted by molar-refractivity contribution is 0.0953. The molecule has 0 saturated heterocycles. The van der Waals surface area contributed by atoms with E-state index in [0.29, 0.717) is 12.1 Å². The zero-order valence-electron chi connectivity index (χ0n) is 9.84. The van der Waals surface area contributed by atoms with Crippen LogP contribution in [0.5, 0.6) is 0 Å². The molecule has 1 aromatic carbocycles. The molecule has 0 radical (unpaired) electrons. The molecule has 5 heteroatoms. The van der Waals surface area contributed by atoms with Gasteiger partial charge in [0.25, 0.3) is 5.91 Å². The number of hydrogen-bond acceptors (Lipinski definition) is 2. The molecule has 0 unspecified atom stereocenters. The first-order valence-corrected chi connectivity index (χ1v) is 5.65. The standard InChI is InChI=1S/C13H12F2N2O/c1-2-3-16-13(18)9-4-8-5-10(14)6-11(15)12(8)17-7-9/h4-7H,2-3H2,1H3,(H,16,18). The number of nitrogens with zero attached hydrogens (tertiary/aromatic N) is 1. The second kappa shape index (κ2) is 5.08. The average Bonchev–Trinajstić information content (AvgIpc) is 2.34. The molecule has 0 aliphatic carbocycles. The Labute approximate surface area is 103 Å². The van der Waals surface area contributed by atoms with Crippen LogP contribution in [0, 0.1) is 11.6 Å². The number of pyridine rings is 1. The maximum Gasteiger partial charge on any atom is 0.252 e. The van der Waals surface area contributed by atoms with Gasteiger partial charge < -0.3 is 5.32 Å². The minimum atomic E-state index is -0.731. The Morgan fingerprint density at radius 3 is 2.83 bits per heavy atom. The molecule has 94 valence electrons. The predicted octanol–water partition coefficient (Wildman–Crippen LogP) is 2.65. The van der Waals surface area contributed by atoms with Crippen molar-refractivity contribution in [3.63, 3.8) is 0 Å². The SMILES string of the molecule is CCCNC(=O)c1cnc2c(F)cc(F)cc2c1. The van der Waals surface area contributed by atoms with Crippen LogP contribution in [0.4, 0.5) is 8.78 Å². The number of hydrogen-bond donors (Lipinski definition) is 1. The van der Waals surface area contributed by atoms with Gasteiger partial charge >= 0.3 is 0 Å². The number of benzene rings is 1. The third-order valence-corrected chi connectivity index (χ3v) is 2.50. The smallest absolute Gasteiger partial charge is 0.252 e. The normalized spacial score (nSPS) is 10.6. The van der Waals surface area contributed by atoms with Gasteiger partial charge in [0.05, 0.1) is 5.56 Å². The van der Waals surface area contributed by atoms with Gasteiger partial charge in [0.1, 0.15) is 11.3 Å². The fraction of sp³-hybridized carbons (Fsp3) is 0.231. The van der Waals surface area contributed by atoms with Gasteiger partial charge in [-0.2, -0.15) is 0 Å². The molecule has 3 nitrogen and oxygen atoms in total. The molecule has 0 saturated carbocycles. The molecule has 0 aliphatic rings. The van der Waals surface area contributed by atoms with Crippen molar-refractivity contribution in [2.45, 2.75) is 13.3 Å². The zero-order chi connectivity index (χ0) is 13.1. The van der Waals surface area contributed by atoms with E-state index in [0.717, 1.165) is 18.6 Å². The van der Waals surface area contributed by atoms with Crippen LogP contribution in [0.1, 0.15) is 23.7 Å². The maximum absolute atomic E-state index is 13.4. The van der Waals surface area contributed by atoms with E-state index in [1.54, 1.807) is 0 Å². The average molecular weight is 250 g/mol. The van der Waals surface area contributed by atoms with Crippen LogP contribution in [0.25, 0.3) is 10.9 Å². The number of aromatic nitrogens is 1. The van der Waals surface area contributed by atoms with Crippen molar-refractivity contribution in [1.82, 2.24) is 10.3 Å². The van der Waals surface area contributed by atoms with Gasteiger partial charge in [0, 0.05) is 24.2 Å². The molecule has 0 aliphatic heterocycles. The number of fused-ring (bicyclic) bond motifs is 1. The van der Waals surface area contributed by atoms with Crippen molar-refractivity contribution in [2.24, 2.45) is 0 Å². The molecule has 2 aromatic rings. The Balaban J connectivity index is 2.41. The van der Waals surface area contributed by atoms with Crippen LogP contribution >= 0.6 is 0 Å². The second-order valence-electron chi connectivity index (χ2n) is 3.94. The van der Waals surface area contributed by atoms with E-state index in [4.69, 9.17) is 0 Å². The van der Waals surface area contributed by atoms with Crippen molar-refractivity contribution in [3.05, 3.63) is 41.6 Å². The highest BCUT2D eigenvalue weighted by Gasteiger charge is 2.10. The molecule has 0 fully saturated rings. The summed E-state index contributed by atoms with van der Waals surface area (Å²) < 4.78 is 26.4. The molecule has 1 heterocycles. The monoisotopic (exact) mass is 250 g/mol. The highest BCUT2D eigenvalue weighted by molar-refractivity contribution is 5.97. The van der Waals surface area contributed by atoms with E-state index >= 15 is 0 Å². The third-order valence-electron chi connectivity index (χ3n) is 2.50. The summed E-state index contributed by atoms with van der Waals surface area (Å²) in [6, 6.07) is 3.35. The Morgan fingerprint density at radius 2 is 2.11 bits per heavy atom. The number of amides is 1. The number of halogens is 2. The van der Waals surface area contributed by atoms with Crippen molar-refractivity contribution < 1.29 is 13.6 Å². The zero-order valence-corrected chi connectivity index (χ0v) is 9.84. The second-order valence-corrected chi connectivity index (χ2v) is 3.94. The summed E-state index contributed by atoms with van der Waals surface area (Å²) in [6.45, 7) is 2.48. The first-order chi connectivity index (χ1) is 8.61. The lowest BCUT2D eigenvalue weighted by Crippen LogP contribution is -2.24. The first kappa shape index (κ1) is 12.4. The van der Waals surface area contributed by atoms with E-state index in [9.17, 15) is 13.6 Å². The lowest BCUT2D eigenvalue weighted by atomic mass is 10.1. The predicted molar refractivity (Wildman–Crippen MR) is 64.3 cm³/mol. The highest BCUT2D eigenvalue weighted by atomic mass is 19.1. The number of carbonyl (C=O) groups is 1. The minimum Gasteiger partial charge on any atom is -0.352 e. The molecule has 0 spiro atoms. The molecule has 1 aromatic heterocycles. The summed E-state index contributed by atoms with van der Waals surface area (Å²) in [5.74, 6) is -1.71. The topological polar surface area (TPSA) is 42.0 Å². The number of rotatable bonds is 3. The van der Waals surface area contributed by atoms with Gasteiger partial charge in [0.2, 0.25) is 0 Å². The molecule has 2 rings (SSSR count). The van der Waals surface area contributed by atoms with Crippen LogP contribution < -0.4 is 5.32 Å². The van der Waals surface area contributed by atoms with Crippen LogP contribution in [-0.4, -0.2) is 17.4 Å². The van der Waals surface area contributed by atoms with Crippen molar-refractivity contribution in [2.75, 3.05) is 6.54 Å². The van der Waals surface area contributed by atoms with E-state index in [2.05, 4.69) is 10.3 Å². The molecule has 0 atom stereocenters. The Kier molecular flexibility index (Phi) is 3.50. The van der Waals surface area contributed by atoms with Gasteiger partial charge in [-0.1, -0.05) is 6.92 Å². The number of carbonyl (C=O) groups excluding carboxylic acids is 1. The Bertz CT molecular complexity index is 599.